The molecule has 1 aliphatic rings. The number of carbonyl (C=O) groups is 1. The Bertz CT molecular complexity index is 1530. The molecule has 0 spiro atoms. The lowest BCUT2D eigenvalue weighted by atomic mass is 9.99. The summed E-state index contributed by atoms with van der Waals surface area (Å²) < 4.78 is 17.5. The predicted molar refractivity (Wildman–Crippen MR) is 141 cm³/mol. The third-order valence-corrected chi connectivity index (χ3v) is 6.54. The van der Waals surface area contributed by atoms with E-state index in [0.717, 1.165) is 58.5 Å². The minimum absolute atomic E-state index is 0.0380. The van der Waals surface area contributed by atoms with Crippen LogP contribution in [0.1, 0.15) is 29.5 Å². The third kappa shape index (κ3) is 6.05. The second-order valence-corrected chi connectivity index (χ2v) is 9.33. The summed E-state index contributed by atoms with van der Waals surface area (Å²) in [4.78, 5) is 38.9. The van der Waals surface area contributed by atoms with E-state index >= 15 is 0 Å². The molecule has 9 heteroatoms. The van der Waals surface area contributed by atoms with E-state index in [4.69, 9.17) is 14.0 Å². The van der Waals surface area contributed by atoms with Crippen LogP contribution in [0, 0.1) is 6.92 Å². The first kappa shape index (κ1) is 25.1. The molecule has 1 saturated heterocycles. The highest BCUT2D eigenvalue weighted by Gasteiger charge is 2.18. The molecule has 0 unspecified atom stereocenters. The van der Waals surface area contributed by atoms with E-state index in [9.17, 15) is 14.4 Å². The van der Waals surface area contributed by atoms with E-state index in [-0.39, 0.29) is 19.1 Å². The maximum Gasteiger partial charge on any atom is 0.440 e. The van der Waals surface area contributed by atoms with Crippen LogP contribution in [-0.4, -0.2) is 40.2 Å². The summed E-state index contributed by atoms with van der Waals surface area (Å²) in [6.45, 7) is 4.28. The summed E-state index contributed by atoms with van der Waals surface area (Å²) >= 11 is 0. The Balaban J connectivity index is 1.18. The van der Waals surface area contributed by atoms with Gasteiger partial charge >= 0.3 is 11.4 Å². The van der Waals surface area contributed by atoms with E-state index in [0.29, 0.717) is 18.1 Å². The van der Waals surface area contributed by atoms with Gasteiger partial charge in [0.2, 0.25) is 0 Å². The fraction of sp³-hybridized carbons (Fsp3) is 0.276. The number of hydrogen-bond donors (Lipinski definition) is 1. The lowest BCUT2D eigenvalue weighted by molar-refractivity contribution is -0.132. The Kier molecular flexibility index (Phi) is 7.44. The molecular formula is C29H29N3O6. The number of H-pyrrole nitrogens is 1. The lowest BCUT2D eigenvalue weighted by Gasteiger charge is -2.16. The molecular weight excluding hydrogens is 486 g/mol. The fourth-order valence-electron chi connectivity index (χ4n) is 4.52. The van der Waals surface area contributed by atoms with Gasteiger partial charge in [-0.15, -0.1) is 4.74 Å². The first-order chi connectivity index (χ1) is 18.4. The molecule has 3 aromatic carbocycles. The maximum absolute atomic E-state index is 12.3. The number of hydrogen-bond acceptors (Lipinski definition) is 6. The average molecular weight is 516 g/mol. The van der Waals surface area contributed by atoms with Crippen molar-refractivity contribution in [3.63, 3.8) is 0 Å². The van der Waals surface area contributed by atoms with Crippen LogP contribution < -0.4 is 20.9 Å². The van der Waals surface area contributed by atoms with Crippen molar-refractivity contribution < 1.29 is 18.8 Å². The number of likely N-dealkylation sites (tertiary alicyclic amines) is 1. The number of carbonyl (C=O) groups excluding carboxylic acids is 1. The number of nitrogens with one attached hydrogen (secondary N) is 1. The molecule has 196 valence electrons. The SMILES string of the molecule is Cc1cc(OCC(=O)N2CCCC2)ccc1-c1cccc(COc2ccc(Cn3oc(=O)[nH]c3=O)cc2)c1. The van der Waals surface area contributed by atoms with Crippen LogP contribution in [0.3, 0.4) is 0 Å². The Morgan fingerprint density at radius 3 is 2.39 bits per heavy atom. The molecule has 0 radical (unpaired) electrons. The quantitative estimate of drug-likeness (QED) is 0.364. The highest BCUT2D eigenvalue weighted by atomic mass is 16.5. The predicted octanol–water partition coefficient (Wildman–Crippen LogP) is 3.73. The average Bonchev–Trinajstić information content (AvgIpc) is 3.57. The lowest BCUT2D eigenvalue weighted by Crippen LogP contribution is -2.32. The number of aryl methyl sites for hydroxylation is 1. The molecule has 0 saturated carbocycles. The van der Waals surface area contributed by atoms with Gasteiger partial charge in [0.15, 0.2) is 6.61 Å². The first-order valence-corrected chi connectivity index (χ1v) is 12.6. The van der Waals surface area contributed by atoms with Crippen molar-refractivity contribution in [2.75, 3.05) is 19.7 Å². The van der Waals surface area contributed by atoms with Crippen LogP contribution in [-0.2, 0) is 17.9 Å². The van der Waals surface area contributed by atoms with Crippen LogP contribution in [0.25, 0.3) is 11.1 Å². The molecule has 1 aliphatic heterocycles. The van der Waals surface area contributed by atoms with E-state index < -0.39 is 11.4 Å². The van der Waals surface area contributed by atoms with Gasteiger partial charge in [0.25, 0.3) is 5.91 Å². The zero-order valence-electron chi connectivity index (χ0n) is 21.1. The van der Waals surface area contributed by atoms with Crippen molar-refractivity contribution in [3.8, 4) is 22.6 Å². The number of aromatic nitrogens is 2. The highest BCUT2D eigenvalue weighted by Crippen LogP contribution is 2.28. The number of aromatic amines is 1. The number of rotatable bonds is 9. The fourth-order valence-corrected chi connectivity index (χ4v) is 4.52. The van der Waals surface area contributed by atoms with Crippen molar-refractivity contribution in [3.05, 3.63) is 104 Å². The Hall–Kier alpha value is -4.53. The van der Waals surface area contributed by atoms with Crippen molar-refractivity contribution >= 4 is 5.91 Å². The molecule has 4 aromatic rings. The second kappa shape index (κ2) is 11.2. The Morgan fingerprint density at radius 1 is 0.921 bits per heavy atom. The van der Waals surface area contributed by atoms with Gasteiger partial charge in [-0.05, 0) is 77.9 Å². The largest absolute Gasteiger partial charge is 0.489 e. The van der Waals surface area contributed by atoms with Gasteiger partial charge < -0.3 is 18.9 Å². The maximum atomic E-state index is 12.3. The van der Waals surface area contributed by atoms with Crippen LogP contribution in [0.4, 0.5) is 0 Å². The van der Waals surface area contributed by atoms with Crippen molar-refractivity contribution in [1.29, 1.82) is 0 Å². The zero-order chi connectivity index (χ0) is 26.5. The van der Waals surface area contributed by atoms with Gasteiger partial charge in [0, 0.05) is 13.1 Å². The van der Waals surface area contributed by atoms with Gasteiger partial charge in [0.05, 0.1) is 6.54 Å². The van der Waals surface area contributed by atoms with Crippen molar-refractivity contribution in [2.45, 2.75) is 32.9 Å². The number of amides is 1. The molecule has 0 aliphatic carbocycles. The third-order valence-electron chi connectivity index (χ3n) is 6.54. The van der Waals surface area contributed by atoms with E-state index in [1.54, 1.807) is 0 Å². The highest BCUT2D eigenvalue weighted by molar-refractivity contribution is 5.78. The molecule has 0 bridgehead atoms. The number of nitrogens with zero attached hydrogens (tertiary/aromatic N) is 2. The Labute approximate surface area is 219 Å². The second-order valence-electron chi connectivity index (χ2n) is 9.33. The summed E-state index contributed by atoms with van der Waals surface area (Å²) in [6.07, 6.45) is 2.13. The van der Waals surface area contributed by atoms with Gasteiger partial charge in [-0.3, -0.25) is 4.79 Å². The molecule has 38 heavy (non-hydrogen) atoms. The summed E-state index contributed by atoms with van der Waals surface area (Å²) in [5.74, 6) is 0.630. The van der Waals surface area contributed by atoms with Gasteiger partial charge in [-0.2, -0.15) is 0 Å². The van der Waals surface area contributed by atoms with E-state index in [1.807, 2.05) is 66.4 Å². The normalized spacial score (nSPS) is 13.0. The van der Waals surface area contributed by atoms with Crippen LogP contribution >= 0.6 is 0 Å². The topological polar surface area (TPSA) is 107 Å². The molecule has 1 amide bonds. The molecule has 1 fully saturated rings. The monoisotopic (exact) mass is 515 g/mol. The van der Waals surface area contributed by atoms with Crippen LogP contribution in [0.15, 0.2) is 80.8 Å². The van der Waals surface area contributed by atoms with Crippen LogP contribution in [0.5, 0.6) is 11.5 Å². The molecule has 0 atom stereocenters. The summed E-state index contributed by atoms with van der Waals surface area (Å²) in [5, 5.41) is 0. The minimum Gasteiger partial charge on any atom is -0.489 e. The summed E-state index contributed by atoms with van der Waals surface area (Å²) in [7, 11) is 0. The Morgan fingerprint density at radius 2 is 1.68 bits per heavy atom. The summed E-state index contributed by atoms with van der Waals surface area (Å²) in [5.41, 5.74) is 4.44. The minimum atomic E-state index is -0.777. The molecule has 1 aromatic heterocycles. The van der Waals surface area contributed by atoms with Crippen molar-refractivity contribution in [1.82, 2.24) is 14.6 Å². The first-order valence-electron chi connectivity index (χ1n) is 12.6. The number of ether oxygens (including phenoxy) is 2. The van der Waals surface area contributed by atoms with E-state index in [1.165, 1.54) is 0 Å². The van der Waals surface area contributed by atoms with Gasteiger partial charge in [-0.1, -0.05) is 36.4 Å². The van der Waals surface area contributed by atoms with Crippen molar-refractivity contribution in [2.24, 2.45) is 0 Å². The number of benzene rings is 3. The van der Waals surface area contributed by atoms with Gasteiger partial charge in [-0.25, -0.2) is 14.6 Å². The smallest absolute Gasteiger partial charge is 0.440 e. The molecule has 2 heterocycles. The molecule has 9 nitrogen and oxygen atoms in total. The standard InChI is InChI=1S/C29H29N3O6/c1-20-15-25(37-19-27(33)31-13-2-3-14-31)11-12-26(20)23-6-4-5-22(16-23)18-36-24-9-7-21(8-10-24)17-32-28(34)30-29(35)38-32/h4-12,15-16H,2-3,13-14,17-19H2,1H3,(H,30,34,35). The zero-order valence-corrected chi connectivity index (χ0v) is 21.1. The van der Waals surface area contributed by atoms with E-state index in [2.05, 4.69) is 17.1 Å². The van der Waals surface area contributed by atoms with Crippen LogP contribution in [0.2, 0.25) is 0 Å². The molecule has 1 N–H and O–H groups in total. The molecule has 5 rings (SSSR count). The van der Waals surface area contributed by atoms with Gasteiger partial charge in [0.1, 0.15) is 18.1 Å². The summed E-state index contributed by atoms with van der Waals surface area (Å²) in [6, 6.07) is 21.3.